The minimum Gasteiger partial charge on any atom is -0.0654 e. The molecule has 0 aliphatic rings. The van der Waals surface area contributed by atoms with E-state index < -0.39 is 0 Å². The van der Waals surface area contributed by atoms with Crippen LogP contribution in [0.2, 0.25) is 0 Å². The quantitative estimate of drug-likeness (QED) is 0.0820. The Labute approximate surface area is 261 Å². The van der Waals surface area contributed by atoms with Gasteiger partial charge in [0.25, 0.3) is 0 Å². The Kier molecular flexibility index (Phi) is 11.5. The van der Waals surface area contributed by atoms with Crippen LogP contribution >= 0.6 is 0 Å². The van der Waals surface area contributed by atoms with Gasteiger partial charge in [-0.3, -0.25) is 0 Å². The Hall–Kier alpha value is -3.38. The molecule has 0 bridgehead atoms. The van der Waals surface area contributed by atoms with Crippen molar-refractivity contribution in [1.82, 2.24) is 0 Å². The number of rotatable bonds is 16. The van der Waals surface area contributed by atoms with Crippen LogP contribution in [0, 0.1) is 0 Å². The topological polar surface area (TPSA) is 0 Å². The third-order valence-corrected chi connectivity index (χ3v) is 9.28. The Morgan fingerprint density at radius 2 is 0.744 bits per heavy atom. The molecule has 0 saturated carbocycles. The van der Waals surface area contributed by atoms with Gasteiger partial charge >= 0.3 is 0 Å². The van der Waals surface area contributed by atoms with Gasteiger partial charge in [-0.05, 0) is 99.0 Å². The zero-order chi connectivity index (χ0) is 29.9. The van der Waals surface area contributed by atoms with E-state index in [9.17, 15) is 0 Å². The summed E-state index contributed by atoms with van der Waals surface area (Å²) in [6.45, 7) is 6.86. The summed E-state index contributed by atoms with van der Waals surface area (Å²) in [7, 11) is 0. The monoisotopic (exact) mass is 568 g/mol. The summed E-state index contributed by atoms with van der Waals surface area (Å²) in [5.74, 6) is 0. The predicted molar refractivity (Wildman–Crippen MR) is 191 cm³/mol. The summed E-state index contributed by atoms with van der Waals surface area (Å²) in [6, 6.07) is 35.4. The second-order valence-electron chi connectivity index (χ2n) is 12.6. The first-order valence-electron chi connectivity index (χ1n) is 17.4. The van der Waals surface area contributed by atoms with Crippen molar-refractivity contribution in [3.05, 3.63) is 108 Å². The van der Waals surface area contributed by atoms with E-state index in [0.717, 1.165) is 6.42 Å². The lowest BCUT2D eigenvalue weighted by atomic mass is 9.84. The molecule has 0 radical (unpaired) electrons. The fraction of sp³-hybridized carbons (Fsp3) is 0.395. The molecule has 5 rings (SSSR count). The third kappa shape index (κ3) is 7.77. The molecule has 0 nitrogen and oxygen atoms in total. The fourth-order valence-corrected chi connectivity index (χ4v) is 6.77. The van der Waals surface area contributed by atoms with Crippen molar-refractivity contribution in [2.24, 2.45) is 0 Å². The normalized spacial score (nSPS) is 11.5. The van der Waals surface area contributed by atoms with Gasteiger partial charge in [-0.15, -0.1) is 0 Å². The van der Waals surface area contributed by atoms with Gasteiger partial charge in [0.2, 0.25) is 0 Å². The highest BCUT2D eigenvalue weighted by atomic mass is 14.2. The van der Waals surface area contributed by atoms with E-state index in [-0.39, 0.29) is 0 Å². The summed E-state index contributed by atoms with van der Waals surface area (Å²) >= 11 is 0. The Morgan fingerprint density at radius 1 is 0.349 bits per heavy atom. The molecule has 0 amide bonds. The lowest BCUT2D eigenvalue weighted by Gasteiger charge is -2.19. The van der Waals surface area contributed by atoms with Crippen molar-refractivity contribution in [3.63, 3.8) is 0 Å². The molecule has 5 aromatic carbocycles. The third-order valence-electron chi connectivity index (χ3n) is 9.28. The van der Waals surface area contributed by atoms with Crippen LogP contribution < -0.4 is 0 Å². The molecule has 0 fully saturated rings. The number of benzene rings is 5. The molecule has 5 aromatic rings. The van der Waals surface area contributed by atoms with Gasteiger partial charge in [-0.1, -0.05) is 163 Å². The van der Waals surface area contributed by atoms with E-state index >= 15 is 0 Å². The highest BCUT2D eigenvalue weighted by Gasteiger charge is 2.17. The first-order chi connectivity index (χ1) is 21.2. The van der Waals surface area contributed by atoms with E-state index in [0.29, 0.717) is 0 Å². The number of hydrogen-bond acceptors (Lipinski definition) is 0. The minimum absolute atomic E-state index is 1.15. The smallest absolute Gasteiger partial charge is 0.00263 e. The molecule has 0 heterocycles. The van der Waals surface area contributed by atoms with Crippen LogP contribution in [-0.4, -0.2) is 0 Å². The maximum atomic E-state index is 2.51. The summed E-state index contributed by atoms with van der Waals surface area (Å²) in [5, 5.41) is 5.47. The molecule has 0 saturated heterocycles. The van der Waals surface area contributed by atoms with Crippen LogP contribution in [0.4, 0.5) is 0 Å². The maximum absolute atomic E-state index is 2.51. The van der Waals surface area contributed by atoms with Gasteiger partial charge in [0.1, 0.15) is 0 Å². The van der Waals surface area contributed by atoms with Crippen molar-refractivity contribution in [1.29, 1.82) is 0 Å². The van der Waals surface area contributed by atoms with Crippen molar-refractivity contribution in [2.75, 3.05) is 0 Å². The molecule has 0 spiro atoms. The maximum Gasteiger partial charge on any atom is -0.00263 e. The second kappa shape index (κ2) is 15.9. The molecule has 0 aliphatic carbocycles. The average Bonchev–Trinajstić information content (AvgIpc) is 3.05. The fourth-order valence-electron chi connectivity index (χ4n) is 6.77. The van der Waals surface area contributed by atoms with Gasteiger partial charge < -0.3 is 0 Å². The first kappa shape index (κ1) is 31.1. The number of aryl methyl sites for hydroxylation is 3. The van der Waals surface area contributed by atoms with Gasteiger partial charge in [0.15, 0.2) is 0 Å². The molecule has 0 aromatic heterocycles. The van der Waals surface area contributed by atoms with Crippen LogP contribution in [0.15, 0.2) is 91.0 Å². The van der Waals surface area contributed by atoms with Crippen molar-refractivity contribution in [3.8, 4) is 22.3 Å². The number of hydrogen-bond donors (Lipinski definition) is 0. The molecule has 224 valence electrons. The highest BCUT2D eigenvalue weighted by Crippen LogP contribution is 2.44. The van der Waals surface area contributed by atoms with Crippen LogP contribution in [0.5, 0.6) is 0 Å². The van der Waals surface area contributed by atoms with Crippen LogP contribution in [0.3, 0.4) is 0 Å². The van der Waals surface area contributed by atoms with Crippen molar-refractivity contribution < 1.29 is 0 Å². The molecule has 43 heavy (non-hydrogen) atoms. The molecule has 0 N–H and O–H groups in total. The average molecular weight is 569 g/mol. The van der Waals surface area contributed by atoms with Gasteiger partial charge in [0, 0.05) is 0 Å². The first-order valence-corrected chi connectivity index (χ1v) is 17.4. The largest absolute Gasteiger partial charge is 0.0654 e. The van der Waals surface area contributed by atoms with Crippen molar-refractivity contribution >= 4 is 21.5 Å². The van der Waals surface area contributed by atoms with Gasteiger partial charge in [-0.25, -0.2) is 0 Å². The number of unbranched alkanes of at least 4 members (excludes halogenated alkanes) is 8. The van der Waals surface area contributed by atoms with Crippen LogP contribution in [0.25, 0.3) is 43.8 Å². The summed E-state index contributed by atoms with van der Waals surface area (Å²) < 4.78 is 0. The van der Waals surface area contributed by atoms with E-state index in [1.165, 1.54) is 144 Å². The predicted octanol–water partition coefficient (Wildman–Crippen LogP) is 13.3. The SMILES string of the molecule is CCCCCCc1ccc(-c2c3ccccc3c(-c3ccc(CCCCCC)cc3)c3cc(CCCCC)ccc23)cc1. The van der Waals surface area contributed by atoms with Crippen LogP contribution in [-0.2, 0) is 19.3 Å². The summed E-state index contributed by atoms with van der Waals surface area (Å²) in [6.07, 6.45) is 17.8. The van der Waals surface area contributed by atoms with E-state index in [1.54, 1.807) is 0 Å². The van der Waals surface area contributed by atoms with Crippen molar-refractivity contribution in [2.45, 2.75) is 111 Å². The number of fused-ring (bicyclic) bond motifs is 2. The van der Waals surface area contributed by atoms with E-state index in [1.807, 2.05) is 0 Å². The van der Waals surface area contributed by atoms with Crippen LogP contribution in [0.1, 0.15) is 108 Å². The zero-order valence-electron chi connectivity index (χ0n) is 27.1. The molecular formula is C43H52. The summed E-state index contributed by atoms with van der Waals surface area (Å²) in [5.41, 5.74) is 9.79. The lowest BCUT2D eigenvalue weighted by Crippen LogP contribution is -1.94. The summed E-state index contributed by atoms with van der Waals surface area (Å²) in [4.78, 5) is 0. The van der Waals surface area contributed by atoms with E-state index in [4.69, 9.17) is 0 Å². The molecule has 0 atom stereocenters. The highest BCUT2D eigenvalue weighted by molar-refractivity contribution is 6.21. The molecule has 0 heteroatoms. The zero-order valence-corrected chi connectivity index (χ0v) is 27.1. The Morgan fingerprint density at radius 3 is 1.26 bits per heavy atom. The lowest BCUT2D eigenvalue weighted by molar-refractivity contribution is 0.667. The minimum atomic E-state index is 1.15. The Balaban J connectivity index is 1.60. The molecule has 0 unspecified atom stereocenters. The molecular weight excluding hydrogens is 516 g/mol. The van der Waals surface area contributed by atoms with E-state index in [2.05, 4.69) is 112 Å². The Bertz CT molecular complexity index is 1570. The second-order valence-corrected chi connectivity index (χ2v) is 12.6. The standard InChI is InChI=1S/C43H52/c1-4-7-10-13-17-33-22-27-36(28-23-33)42-38-20-15-16-21-39(38)43(37-29-24-34(25-30-37)18-14-11-8-5-2)41-32-35(19-12-9-6-3)26-31-40(41)42/h15-16,20-32H,4-14,17-19H2,1-3H3. The molecule has 0 aliphatic heterocycles. The van der Waals surface area contributed by atoms with Gasteiger partial charge in [-0.2, -0.15) is 0 Å². The van der Waals surface area contributed by atoms with Gasteiger partial charge in [0.05, 0.1) is 0 Å².